The van der Waals surface area contributed by atoms with E-state index in [4.69, 9.17) is 4.74 Å². The van der Waals surface area contributed by atoms with Gasteiger partial charge in [-0.25, -0.2) is 9.78 Å². The fourth-order valence-corrected chi connectivity index (χ4v) is 1.85. The molecule has 1 aromatic rings. The molecule has 0 aliphatic heterocycles. The van der Waals surface area contributed by atoms with Gasteiger partial charge in [-0.3, -0.25) is 0 Å². The second kappa shape index (κ2) is 7.45. The van der Waals surface area contributed by atoms with E-state index in [1.165, 1.54) is 0 Å². The first kappa shape index (κ1) is 17.5. The quantitative estimate of drug-likeness (QED) is 0.817. The summed E-state index contributed by atoms with van der Waals surface area (Å²) in [6, 6.07) is 0.106. The number of carbonyl (C=O) groups is 1. The number of nitrogens with one attached hydrogen (secondary N) is 1. The lowest BCUT2D eigenvalue weighted by molar-refractivity contribution is 0.0193. The summed E-state index contributed by atoms with van der Waals surface area (Å²) in [5.41, 5.74) is -0.468. The minimum atomic E-state index is -0.468. The molecule has 0 spiro atoms. The maximum atomic E-state index is 12.1. The van der Waals surface area contributed by atoms with Crippen molar-refractivity contribution >= 4 is 6.09 Å². The van der Waals surface area contributed by atoms with Crippen LogP contribution in [0.1, 0.15) is 40.4 Å². The van der Waals surface area contributed by atoms with E-state index in [1.54, 1.807) is 11.1 Å². The van der Waals surface area contributed by atoms with Crippen LogP contribution in [0.25, 0.3) is 0 Å². The van der Waals surface area contributed by atoms with Gasteiger partial charge in [0.1, 0.15) is 11.4 Å². The molecule has 1 N–H and O–H groups in total. The van der Waals surface area contributed by atoms with Crippen LogP contribution in [0.3, 0.4) is 0 Å². The van der Waals surface area contributed by atoms with Gasteiger partial charge in [-0.2, -0.15) is 0 Å². The van der Waals surface area contributed by atoms with Crippen molar-refractivity contribution in [2.75, 3.05) is 13.1 Å². The Kier molecular flexibility index (Phi) is 6.20. The summed E-state index contributed by atoms with van der Waals surface area (Å²) in [5, 5.41) is 3.30. The fraction of sp³-hybridized carbons (Fsp3) is 0.733. The van der Waals surface area contributed by atoms with Gasteiger partial charge in [0.25, 0.3) is 0 Å². The minimum Gasteiger partial charge on any atom is -0.444 e. The number of ether oxygens (including phenoxy) is 1. The number of hydrogen-bond acceptors (Lipinski definition) is 4. The van der Waals surface area contributed by atoms with Crippen LogP contribution in [0.5, 0.6) is 0 Å². The van der Waals surface area contributed by atoms with Crippen LogP contribution in [0, 0.1) is 0 Å². The number of nitrogens with zero attached hydrogens (tertiary/aromatic N) is 3. The highest BCUT2D eigenvalue weighted by molar-refractivity contribution is 5.68. The zero-order valence-corrected chi connectivity index (χ0v) is 14.0. The van der Waals surface area contributed by atoms with Crippen LogP contribution in [-0.2, 0) is 18.3 Å². The molecule has 120 valence electrons. The van der Waals surface area contributed by atoms with Gasteiger partial charge < -0.3 is 19.5 Å². The topological polar surface area (TPSA) is 59.4 Å². The maximum Gasteiger partial charge on any atom is 0.410 e. The molecule has 0 aliphatic carbocycles. The van der Waals surface area contributed by atoms with E-state index in [0.29, 0.717) is 19.6 Å². The van der Waals surface area contributed by atoms with Gasteiger partial charge in [-0.05, 0) is 34.6 Å². The molecule has 0 saturated heterocycles. The summed E-state index contributed by atoms with van der Waals surface area (Å²) in [6.45, 7) is 11.6. The van der Waals surface area contributed by atoms with Crippen molar-refractivity contribution in [2.45, 2.75) is 52.8 Å². The van der Waals surface area contributed by atoms with Gasteiger partial charge in [-0.15, -0.1) is 0 Å². The predicted octanol–water partition coefficient (Wildman–Crippen LogP) is 2.16. The first-order valence-corrected chi connectivity index (χ1v) is 7.37. The van der Waals surface area contributed by atoms with Crippen molar-refractivity contribution in [1.29, 1.82) is 0 Å². The smallest absolute Gasteiger partial charge is 0.410 e. The number of carbonyl (C=O) groups excluding carboxylic acids is 1. The van der Waals surface area contributed by atoms with Crippen molar-refractivity contribution in [3.05, 3.63) is 18.2 Å². The Morgan fingerprint density at radius 3 is 2.62 bits per heavy atom. The Labute approximate surface area is 127 Å². The second-order valence-corrected chi connectivity index (χ2v) is 6.40. The number of aromatic nitrogens is 2. The molecule has 1 rings (SSSR count). The van der Waals surface area contributed by atoms with Crippen molar-refractivity contribution in [1.82, 2.24) is 19.8 Å². The molecule has 0 fully saturated rings. The molecule has 6 nitrogen and oxygen atoms in total. The highest BCUT2D eigenvalue weighted by atomic mass is 16.6. The average molecular weight is 296 g/mol. The molecule has 0 bridgehead atoms. The molecule has 0 radical (unpaired) electrons. The van der Waals surface area contributed by atoms with E-state index in [-0.39, 0.29) is 12.1 Å². The average Bonchev–Trinajstić information content (AvgIpc) is 2.71. The summed E-state index contributed by atoms with van der Waals surface area (Å²) >= 11 is 0. The van der Waals surface area contributed by atoms with Crippen LogP contribution >= 0.6 is 0 Å². The van der Waals surface area contributed by atoms with Crippen LogP contribution < -0.4 is 5.32 Å². The zero-order chi connectivity index (χ0) is 16.0. The lowest BCUT2D eigenvalue weighted by atomic mass is 10.2. The number of imidazole rings is 1. The Morgan fingerprint density at radius 2 is 2.14 bits per heavy atom. The van der Waals surface area contributed by atoms with Crippen molar-refractivity contribution < 1.29 is 9.53 Å². The molecular formula is C15H28N4O2. The second-order valence-electron chi connectivity index (χ2n) is 6.40. The molecule has 1 amide bonds. The highest BCUT2D eigenvalue weighted by Gasteiger charge is 2.23. The highest BCUT2D eigenvalue weighted by Crippen LogP contribution is 2.11. The third-order valence-electron chi connectivity index (χ3n) is 2.98. The van der Waals surface area contributed by atoms with E-state index in [9.17, 15) is 4.79 Å². The van der Waals surface area contributed by atoms with E-state index in [1.807, 2.05) is 52.4 Å². The third-order valence-corrected chi connectivity index (χ3v) is 2.98. The molecule has 21 heavy (non-hydrogen) atoms. The summed E-state index contributed by atoms with van der Waals surface area (Å²) in [4.78, 5) is 18.1. The Hall–Kier alpha value is -1.56. The van der Waals surface area contributed by atoms with Gasteiger partial charge in [0.15, 0.2) is 0 Å². The predicted molar refractivity (Wildman–Crippen MR) is 83.0 cm³/mol. The first-order valence-electron chi connectivity index (χ1n) is 7.37. The van der Waals surface area contributed by atoms with Gasteiger partial charge in [0.2, 0.25) is 0 Å². The van der Waals surface area contributed by atoms with Crippen LogP contribution in [0.15, 0.2) is 12.4 Å². The SMILES string of the molecule is CC(C)N(CCNCc1nccn1C)C(=O)OC(C)(C)C. The molecule has 0 saturated carbocycles. The lowest BCUT2D eigenvalue weighted by Crippen LogP contribution is -2.44. The van der Waals surface area contributed by atoms with Crippen molar-refractivity contribution in [3.63, 3.8) is 0 Å². The molecule has 1 aromatic heterocycles. The number of amides is 1. The van der Waals surface area contributed by atoms with E-state index < -0.39 is 5.60 Å². The Bertz CT molecular complexity index is 449. The van der Waals surface area contributed by atoms with Crippen LogP contribution in [0.2, 0.25) is 0 Å². The molecule has 1 heterocycles. The Balaban J connectivity index is 2.41. The molecule has 0 atom stereocenters. The van der Waals surface area contributed by atoms with Gasteiger partial charge >= 0.3 is 6.09 Å². The maximum absolute atomic E-state index is 12.1. The van der Waals surface area contributed by atoms with Crippen LogP contribution in [-0.4, -0.2) is 45.3 Å². The lowest BCUT2D eigenvalue weighted by Gasteiger charge is -2.30. The van der Waals surface area contributed by atoms with E-state index >= 15 is 0 Å². The summed E-state index contributed by atoms with van der Waals surface area (Å²) in [7, 11) is 1.96. The monoisotopic (exact) mass is 296 g/mol. The summed E-state index contributed by atoms with van der Waals surface area (Å²) in [6.07, 6.45) is 3.42. The molecule has 0 unspecified atom stereocenters. The fourth-order valence-electron chi connectivity index (χ4n) is 1.85. The normalized spacial score (nSPS) is 11.8. The summed E-state index contributed by atoms with van der Waals surface area (Å²) in [5.74, 6) is 0.975. The molecule has 6 heteroatoms. The van der Waals surface area contributed by atoms with E-state index in [0.717, 1.165) is 5.82 Å². The minimum absolute atomic E-state index is 0.106. The number of aryl methyl sites for hydroxylation is 1. The number of hydrogen-bond donors (Lipinski definition) is 1. The molecular weight excluding hydrogens is 268 g/mol. The third kappa shape index (κ3) is 6.16. The molecule has 0 aromatic carbocycles. The van der Waals surface area contributed by atoms with Crippen LogP contribution in [0.4, 0.5) is 4.79 Å². The zero-order valence-electron chi connectivity index (χ0n) is 14.0. The first-order chi connectivity index (χ1) is 9.70. The molecule has 0 aliphatic rings. The Morgan fingerprint density at radius 1 is 1.48 bits per heavy atom. The van der Waals surface area contributed by atoms with Gasteiger partial charge in [0.05, 0.1) is 6.54 Å². The summed E-state index contributed by atoms with van der Waals surface area (Å²) < 4.78 is 7.40. The van der Waals surface area contributed by atoms with Gasteiger partial charge in [0, 0.05) is 38.6 Å². The van der Waals surface area contributed by atoms with E-state index in [2.05, 4.69) is 10.3 Å². The van der Waals surface area contributed by atoms with Gasteiger partial charge in [-0.1, -0.05) is 0 Å². The van der Waals surface area contributed by atoms with Crippen molar-refractivity contribution in [3.8, 4) is 0 Å². The largest absolute Gasteiger partial charge is 0.444 e. The number of rotatable bonds is 6. The standard InChI is InChI=1S/C15H28N4O2/c1-12(2)19(14(20)21-15(3,4)5)10-7-16-11-13-17-8-9-18(13)6/h8-9,12,16H,7,10-11H2,1-6H3. The van der Waals surface area contributed by atoms with Crippen molar-refractivity contribution in [2.24, 2.45) is 7.05 Å².